The molecular formula is C10H17BrN4. The van der Waals surface area contributed by atoms with Crippen molar-refractivity contribution in [3.8, 4) is 0 Å². The van der Waals surface area contributed by atoms with Crippen LogP contribution in [0.3, 0.4) is 0 Å². The van der Waals surface area contributed by atoms with Gasteiger partial charge in [0.1, 0.15) is 22.4 Å². The fourth-order valence-electron chi connectivity index (χ4n) is 1.08. The third-order valence-corrected chi connectivity index (χ3v) is 2.56. The first-order valence-corrected chi connectivity index (χ1v) is 5.92. The largest absolute Gasteiger partial charge is 0.369 e. The molecule has 0 amide bonds. The lowest BCUT2D eigenvalue weighted by Crippen LogP contribution is -2.11. The molecule has 0 atom stereocenters. The molecule has 4 nitrogen and oxygen atoms in total. The van der Waals surface area contributed by atoms with Crippen LogP contribution in [0.5, 0.6) is 0 Å². The first kappa shape index (κ1) is 12.2. The highest BCUT2D eigenvalue weighted by molar-refractivity contribution is 9.10. The summed E-state index contributed by atoms with van der Waals surface area (Å²) in [6.07, 6.45) is 1.56. The lowest BCUT2D eigenvalue weighted by atomic mass is 10.2. The summed E-state index contributed by atoms with van der Waals surface area (Å²) in [5.41, 5.74) is 0. The van der Waals surface area contributed by atoms with E-state index in [-0.39, 0.29) is 0 Å². The van der Waals surface area contributed by atoms with Gasteiger partial charge in [-0.1, -0.05) is 13.8 Å². The zero-order chi connectivity index (χ0) is 11.3. The van der Waals surface area contributed by atoms with Crippen molar-refractivity contribution in [2.24, 2.45) is 5.92 Å². The second-order valence-corrected chi connectivity index (χ2v) is 4.48. The Kier molecular flexibility index (Phi) is 4.81. The highest BCUT2D eigenvalue weighted by Gasteiger charge is 2.07. The Bertz CT molecular complexity index is 314. The molecule has 15 heavy (non-hydrogen) atoms. The smallest absolute Gasteiger partial charge is 0.145 e. The van der Waals surface area contributed by atoms with Crippen molar-refractivity contribution in [1.82, 2.24) is 9.97 Å². The molecule has 5 heteroatoms. The summed E-state index contributed by atoms with van der Waals surface area (Å²) in [7, 11) is 0. The van der Waals surface area contributed by atoms with Gasteiger partial charge in [-0.05, 0) is 28.8 Å². The van der Waals surface area contributed by atoms with E-state index in [4.69, 9.17) is 0 Å². The van der Waals surface area contributed by atoms with Crippen LogP contribution in [-0.4, -0.2) is 23.1 Å². The van der Waals surface area contributed by atoms with E-state index < -0.39 is 0 Å². The van der Waals surface area contributed by atoms with Gasteiger partial charge in [0.25, 0.3) is 0 Å². The second-order valence-electron chi connectivity index (χ2n) is 3.69. The fourth-order valence-corrected chi connectivity index (χ4v) is 1.57. The van der Waals surface area contributed by atoms with Crippen molar-refractivity contribution in [3.05, 3.63) is 10.8 Å². The number of aromatic nitrogens is 2. The lowest BCUT2D eigenvalue weighted by Gasteiger charge is -2.11. The van der Waals surface area contributed by atoms with Crippen molar-refractivity contribution in [2.75, 3.05) is 23.7 Å². The van der Waals surface area contributed by atoms with E-state index in [0.29, 0.717) is 5.92 Å². The first-order valence-electron chi connectivity index (χ1n) is 5.13. The number of halogens is 1. The summed E-state index contributed by atoms with van der Waals surface area (Å²) in [4.78, 5) is 8.33. The minimum absolute atomic E-state index is 0.592. The summed E-state index contributed by atoms with van der Waals surface area (Å²) < 4.78 is 0.896. The number of rotatable bonds is 5. The van der Waals surface area contributed by atoms with Gasteiger partial charge in [0.05, 0.1) is 0 Å². The standard InChI is InChI=1S/C10H17BrN4/c1-4-12-9-8(11)10(15-6-14-9)13-5-7(2)3/h6-7H,4-5H2,1-3H3,(H2,12,13,14,15). The molecule has 0 radical (unpaired) electrons. The lowest BCUT2D eigenvalue weighted by molar-refractivity contribution is 0.686. The first-order chi connectivity index (χ1) is 7.15. The van der Waals surface area contributed by atoms with E-state index in [1.165, 1.54) is 0 Å². The number of hydrogen-bond donors (Lipinski definition) is 2. The van der Waals surface area contributed by atoms with Gasteiger partial charge in [0.15, 0.2) is 0 Å². The molecule has 84 valence electrons. The maximum Gasteiger partial charge on any atom is 0.145 e. The Morgan fingerprint density at radius 1 is 1.27 bits per heavy atom. The zero-order valence-corrected chi connectivity index (χ0v) is 10.9. The summed E-state index contributed by atoms with van der Waals surface area (Å²) in [5.74, 6) is 2.27. The average Bonchev–Trinajstić information content (AvgIpc) is 2.19. The van der Waals surface area contributed by atoms with Crippen molar-refractivity contribution < 1.29 is 0 Å². The van der Waals surface area contributed by atoms with Crippen LogP contribution in [0.25, 0.3) is 0 Å². The molecule has 0 aromatic carbocycles. The molecule has 0 fully saturated rings. The van der Waals surface area contributed by atoms with Crippen LogP contribution in [0, 0.1) is 5.92 Å². The normalized spacial score (nSPS) is 10.5. The van der Waals surface area contributed by atoms with Crippen LogP contribution in [0.15, 0.2) is 10.8 Å². The summed E-state index contributed by atoms with van der Waals surface area (Å²) in [6, 6.07) is 0. The highest BCUT2D eigenvalue weighted by Crippen LogP contribution is 2.26. The summed E-state index contributed by atoms with van der Waals surface area (Å²) in [6.45, 7) is 8.11. The van der Waals surface area contributed by atoms with E-state index in [9.17, 15) is 0 Å². The van der Waals surface area contributed by atoms with E-state index in [1.54, 1.807) is 6.33 Å². The molecule has 0 spiro atoms. The Morgan fingerprint density at radius 3 is 2.40 bits per heavy atom. The zero-order valence-electron chi connectivity index (χ0n) is 9.34. The van der Waals surface area contributed by atoms with E-state index in [1.807, 2.05) is 6.92 Å². The average molecular weight is 273 g/mol. The predicted molar refractivity (Wildman–Crippen MR) is 67.2 cm³/mol. The monoisotopic (exact) mass is 272 g/mol. The maximum absolute atomic E-state index is 4.18. The molecule has 0 aliphatic heterocycles. The Labute approximate surface area is 99.0 Å². The maximum atomic E-state index is 4.18. The minimum atomic E-state index is 0.592. The topological polar surface area (TPSA) is 49.8 Å². The molecule has 1 aromatic heterocycles. The van der Waals surface area contributed by atoms with Gasteiger partial charge in [-0.25, -0.2) is 9.97 Å². The predicted octanol–water partition coefficient (Wildman–Crippen LogP) is 2.74. The highest BCUT2D eigenvalue weighted by atomic mass is 79.9. The molecule has 1 aromatic rings. The Hall–Kier alpha value is -0.840. The number of nitrogens with one attached hydrogen (secondary N) is 2. The van der Waals surface area contributed by atoms with Gasteiger partial charge in [-0.3, -0.25) is 0 Å². The molecule has 2 N–H and O–H groups in total. The fraction of sp³-hybridized carbons (Fsp3) is 0.600. The molecule has 1 rings (SSSR count). The summed E-state index contributed by atoms with van der Waals surface area (Å²) in [5, 5.41) is 6.44. The number of hydrogen-bond acceptors (Lipinski definition) is 4. The van der Waals surface area contributed by atoms with Gasteiger partial charge in [0.2, 0.25) is 0 Å². The Balaban J connectivity index is 2.75. The molecule has 0 bridgehead atoms. The molecule has 0 saturated heterocycles. The number of nitrogens with zero attached hydrogens (tertiary/aromatic N) is 2. The van der Waals surface area contributed by atoms with Gasteiger partial charge in [-0.2, -0.15) is 0 Å². The van der Waals surface area contributed by atoms with Gasteiger partial charge >= 0.3 is 0 Å². The van der Waals surface area contributed by atoms with Gasteiger partial charge in [0, 0.05) is 13.1 Å². The van der Waals surface area contributed by atoms with Gasteiger partial charge in [-0.15, -0.1) is 0 Å². The molecule has 0 aliphatic rings. The molecule has 1 heterocycles. The van der Waals surface area contributed by atoms with Crippen LogP contribution in [0.4, 0.5) is 11.6 Å². The SMILES string of the molecule is CCNc1ncnc(NCC(C)C)c1Br. The third-order valence-electron chi connectivity index (χ3n) is 1.81. The molecule has 0 aliphatic carbocycles. The summed E-state index contributed by atoms with van der Waals surface area (Å²) >= 11 is 3.48. The minimum Gasteiger partial charge on any atom is -0.369 e. The van der Waals surface area contributed by atoms with Crippen LogP contribution in [-0.2, 0) is 0 Å². The van der Waals surface area contributed by atoms with E-state index >= 15 is 0 Å². The van der Waals surface area contributed by atoms with Crippen LogP contribution < -0.4 is 10.6 Å². The van der Waals surface area contributed by atoms with Crippen LogP contribution in [0.2, 0.25) is 0 Å². The van der Waals surface area contributed by atoms with Crippen LogP contribution in [0.1, 0.15) is 20.8 Å². The molecular weight excluding hydrogens is 256 g/mol. The quantitative estimate of drug-likeness (QED) is 0.866. The van der Waals surface area contributed by atoms with Crippen molar-refractivity contribution in [1.29, 1.82) is 0 Å². The van der Waals surface area contributed by atoms with Crippen molar-refractivity contribution >= 4 is 27.6 Å². The number of anilines is 2. The molecule has 0 saturated carbocycles. The van der Waals surface area contributed by atoms with Crippen LogP contribution >= 0.6 is 15.9 Å². The van der Waals surface area contributed by atoms with E-state index in [0.717, 1.165) is 29.2 Å². The molecule has 0 unspecified atom stereocenters. The van der Waals surface area contributed by atoms with Crippen molar-refractivity contribution in [3.63, 3.8) is 0 Å². The van der Waals surface area contributed by atoms with Gasteiger partial charge < -0.3 is 10.6 Å². The third kappa shape index (κ3) is 3.66. The van der Waals surface area contributed by atoms with E-state index in [2.05, 4.69) is 50.4 Å². The Morgan fingerprint density at radius 2 is 1.87 bits per heavy atom. The van der Waals surface area contributed by atoms with Crippen molar-refractivity contribution in [2.45, 2.75) is 20.8 Å². The second kappa shape index (κ2) is 5.90.